The molecule has 1 unspecified atom stereocenters. The number of rotatable bonds is 3. The third kappa shape index (κ3) is 2.12. The highest BCUT2D eigenvalue weighted by molar-refractivity contribution is 5.42. The van der Waals surface area contributed by atoms with Gasteiger partial charge in [0.2, 0.25) is 0 Å². The van der Waals surface area contributed by atoms with Gasteiger partial charge in [0, 0.05) is 23.4 Å². The van der Waals surface area contributed by atoms with E-state index in [1.165, 1.54) is 24.1 Å². The van der Waals surface area contributed by atoms with E-state index in [0.29, 0.717) is 6.04 Å². The Labute approximate surface area is 113 Å². The smallest absolute Gasteiger partial charge is 0.121 e. The van der Waals surface area contributed by atoms with Crippen molar-refractivity contribution in [2.75, 3.05) is 14.2 Å². The molecule has 4 heteroatoms. The predicted octanol–water partition coefficient (Wildman–Crippen LogP) is 2.48. The van der Waals surface area contributed by atoms with E-state index in [1.807, 2.05) is 36.1 Å². The zero-order chi connectivity index (χ0) is 13.2. The highest BCUT2D eigenvalue weighted by atomic mass is 16.5. The standard InChI is InChI=1S/C15H19N3O/c1-16-14-7-4-8-15-13(14)10-17-18(15)11-5-3-6-12(9-11)19-2/h3,5-6,9-10,14,16H,4,7-8H2,1-2H3. The number of methoxy groups -OCH3 is 1. The molecule has 0 saturated carbocycles. The molecule has 3 rings (SSSR count). The molecule has 0 spiro atoms. The summed E-state index contributed by atoms with van der Waals surface area (Å²) in [6.07, 6.45) is 5.47. The molecule has 4 nitrogen and oxygen atoms in total. The lowest BCUT2D eigenvalue weighted by atomic mass is 9.93. The van der Waals surface area contributed by atoms with Crippen LogP contribution in [0.1, 0.15) is 30.1 Å². The fraction of sp³-hybridized carbons (Fsp3) is 0.400. The van der Waals surface area contributed by atoms with E-state index in [-0.39, 0.29) is 0 Å². The molecule has 100 valence electrons. The molecule has 0 saturated heterocycles. The van der Waals surface area contributed by atoms with Gasteiger partial charge in [0.05, 0.1) is 19.0 Å². The van der Waals surface area contributed by atoms with Gasteiger partial charge in [-0.05, 0) is 38.4 Å². The minimum atomic E-state index is 0.433. The van der Waals surface area contributed by atoms with Gasteiger partial charge < -0.3 is 10.1 Å². The van der Waals surface area contributed by atoms with E-state index in [9.17, 15) is 0 Å². The summed E-state index contributed by atoms with van der Waals surface area (Å²) < 4.78 is 7.33. The minimum Gasteiger partial charge on any atom is -0.497 e. The number of benzene rings is 1. The first kappa shape index (κ1) is 12.2. The fourth-order valence-corrected chi connectivity index (χ4v) is 2.82. The van der Waals surface area contributed by atoms with Gasteiger partial charge in [0.15, 0.2) is 0 Å². The van der Waals surface area contributed by atoms with Crippen molar-refractivity contribution in [3.8, 4) is 11.4 Å². The van der Waals surface area contributed by atoms with Crippen molar-refractivity contribution in [1.82, 2.24) is 15.1 Å². The predicted molar refractivity (Wildman–Crippen MR) is 74.9 cm³/mol. The van der Waals surface area contributed by atoms with Crippen LogP contribution >= 0.6 is 0 Å². The SMILES string of the molecule is CNC1CCCc2c1cnn2-c1cccc(OC)c1. The molecule has 1 atom stereocenters. The van der Waals surface area contributed by atoms with E-state index in [1.54, 1.807) is 7.11 Å². The quantitative estimate of drug-likeness (QED) is 0.918. The second kappa shape index (κ2) is 5.05. The molecule has 2 aromatic rings. The topological polar surface area (TPSA) is 39.1 Å². The second-order valence-electron chi connectivity index (χ2n) is 4.89. The minimum absolute atomic E-state index is 0.433. The maximum atomic E-state index is 5.29. The van der Waals surface area contributed by atoms with Crippen LogP contribution in [0, 0.1) is 0 Å². The molecule has 0 aliphatic heterocycles. The van der Waals surface area contributed by atoms with Gasteiger partial charge in [0.25, 0.3) is 0 Å². The first-order valence-electron chi connectivity index (χ1n) is 6.72. The highest BCUT2D eigenvalue weighted by Gasteiger charge is 2.23. The monoisotopic (exact) mass is 257 g/mol. The molecule has 19 heavy (non-hydrogen) atoms. The Bertz CT molecular complexity index is 577. The average molecular weight is 257 g/mol. The molecule has 1 aliphatic rings. The summed E-state index contributed by atoms with van der Waals surface area (Å²) in [5, 5.41) is 7.93. The van der Waals surface area contributed by atoms with Crippen molar-refractivity contribution in [3.05, 3.63) is 41.7 Å². The lowest BCUT2D eigenvalue weighted by Gasteiger charge is -2.22. The molecular weight excluding hydrogens is 238 g/mol. The van der Waals surface area contributed by atoms with Gasteiger partial charge in [-0.15, -0.1) is 0 Å². The zero-order valence-electron chi connectivity index (χ0n) is 11.4. The summed E-state index contributed by atoms with van der Waals surface area (Å²) in [5.74, 6) is 0.864. The molecule has 1 heterocycles. The molecule has 1 aromatic carbocycles. The molecule has 1 aromatic heterocycles. The molecule has 1 aliphatic carbocycles. The van der Waals surface area contributed by atoms with Crippen LogP contribution in [0.2, 0.25) is 0 Å². The van der Waals surface area contributed by atoms with Crippen molar-refractivity contribution < 1.29 is 4.74 Å². The summed E-state index contributed by atoms with van der Waals surface area (Å²) in [6, 6.07) is 8.48. The summed E-state index contributed by atoms with van der Waals surface area (Å²) in [6.45, 7) is 0. The van der Waals surface area contributed by atoms with E-state index in [0.717, 1.165) is 17.9 Å². The van der Waals surface area contributed by atoms with Crippen molar-refractivity contribution in [2.45, 2.75) is 25.3 Å². The third-order valence-corrected chi connectivity index (χ3v) is 3.83. The van der Waals surface area contributed by atoms with Crippen LogP contribution in [0.5, 0.6) is 5.75 Å². The lowest BCUT2D eigenvalue weighted by molar-refractivity contribution is 0.414. The first-order chi connectivity index (χ1) is 9.33. The van der Waals surface area contributed by atoms with Gasteiger partial charge in [0.1, 0.15) is 5.75 Å². The number of ether oxygens (including phenoxy) is 1. The lowest BCUT2D eigenvalue weighted by Crippen LogP contribution is -2.21. The van der Waals surface area contributed by atoms with E-state index in [4.69, 9.17) is 4.74 Å². The number of nitrogens with zero attached hydrogens (tertiary/aromatic N) is 2. The normalized spacial score (nSPS) is 18.1. The molecule has 1 N–H and O–H groups in total. The first-order valence-corrected chi connectivity index (χ1v) is 6.72. The summed E-state index contributed by atoms with van der Waals surface area (Å²) in [7, 11) is 3.71. The van der Waals surface area contributed by atoms with Crippen LogP contribution in [0.3, 0.4) is 0 Å². The van der Waals surface area contributed by atoms with E-state index in [2.05, 4.69) is 16.5 Å². The number of aromatic nitrogens is 2. The van der Waals surface area contributed by atoms with Crippen LogP contribution in [0.4, 0.5) is 0 Å². The molecule has 0 radical (unpaired) electrons. The highest BCUT2D eigenvalue weighted by Crippen LogP contribution is 2.31. The Kier molecular flexibility index (Phi) is 3.25. The van der Waals surface area contributed by atoms with Crippen LogP contribution in [-0.4, -0.2) is 23.9 Å². The van der Waals surface area contributed by atoms with Crippen molar-refractivity contribution in [2.24, 2.45) is 0 Å². The fourth-order valence-electron chi connectivity index (χ4n) is 2.82. The molecule has 0 fully saturated rings. The van der Waals surface area contributed by atoms with Gasteiger partial charge in [-0.3, -0.25) is 0 Å². The Hall–Kier alpha value is -1.81. The van der Waals surface area contributed by atoms with Crippen molar-refractivity contribution in [3.63, 3.8) is 0 Å². The molecule has 0 bridgehead atoms. The Morgan fingerprint density at radius 2 is 2.32 bits per heavy atom. The summed E-state index contributed by atoms with van der Waals surface area (Å²) >= 11 is 0. The van der Waals surface area contributed by atoms with Crippen molar-refractivity contribution in [1.29, 1.82) is 0 Å². The van der Waals surface area contributed by atoms with Gasteiger partial charge in [-0.1, -0.05) is 6.07 Å². The number of nitrogens with one attached hydrogen (secondary N) is 1. The van der Waals surface area contributed by atoms with Crippen LogP contribution < -0.4 is 10.1 Å². The van der Waals surface area contributed by atoms with Crippen LogP contribution in [0.15, 0.2) is 30.5 Å². The number of fused-ring (bicyclic) bond motifs is 1. The van der Waals surface area contributed by atoms with Crippen molar-refractivity contribution >= 4 is 0 Å². The number of hydrogen-bond donors (Lipinski definition) is 1. The van der Waals surface area contributed by atoms with E-state index < -0.39 is 0 Å². The van der Waals surface area contributed by atoms with Gasteiger partial charge >= 0.3 is 0 Å². The van der Waals surface area contributed by atoms with Gasteiger partial charge in [-0.25, -0.2) is 4.68 Å². The third-order valence-electron chi connectivity index (χ3n) is 3.83. The molecule has 0 amide bonds. The largest absolute Gasteiger partial charge is 0.497 e. The number of hydrogen-bond acceptors (Lipinski definition) is 3. The Morgan fingerprint density at radius 1 is 1.42 bits per heavy atom. The average Bonchev–Trinajstić information content (AvgIpc) is 2.91. The maximum absolute atomic E-state index is 5.29. The summed E-state index contributed by atoms with van der Waals surface area (Å²) in [4.78, 5) is 0. The zero-order valence-corrected chi connectivity index (χ0v) is 11.4. The van der Waals surface area contributed by atoms with E-state index >= 15 is 0 Å². The van der Waals surface area contributed by atoms with Crippen LogP contribution in [-0.2, 0) is 6.42 Å². The Morgan fingerprint density at radius 3 is 3.11 bits per heavy atom. The Balaban J connectivity index is 2.04. The van der Waals surface area contributed by atoms with Crippen LogP contribution in [0.25, 0.3) is 5.69 Å². The maximum Gasteiger partial charge on any atom is 0.121 e. The van der Waals surface area contributed by atoms with Gasteiger partial charge in [-0.2, -0.15) is 5.10 Å². The molecular formula is C15H19N3O. The summed E-state index contributed by atoms with van der Waals surface area (Å²) in [5.41, 5.74) is 3.72. The second-order valence-corrected chi connectivity index (χ2v) is 4.89.